The summed E-state index contributed by atoms with van der Waals surface area (Å²) in [6.07, 6.45) is -3.81. The Bertz CT molecular complexity index is 897. The molecule has 6 nitrogen and oxygen atoms in total. The molecule has 0 radical (unpaired) electrons. The Balaban J connectivity index is 1.63. The molecular weight excluding hydrogens is 337 g/mol. The van der Waals surface area contributed by atoms with Crippen molar-refractivity contribution in [2.75, 3.05) is 17.7 Å². The monoisotopic (exact) mass is 352 g/mol. The second-order valence-corrected chi connectivity index (χ2v) is 6.57. The smallest absolute Gasteiger partial charge is 0.385 e. The molecule has 2 fully saturated rings. The van der Waals surface area contributed by atoms with Crippen molar-refractivity contribution >= 4 is 34.2 Å². The molecule has 1 aromatic heterocycles. The maximum atomic E-state index is 12.6. The van der Waals surface area contributed by atoms with Crippen LogP contribution in [0, 0.1) is 11.8 Å². The quantitative estimate of drug-likeness (QED) is 0.789. The molecule has 2 amide bonds. The van der Waals surface area contributed by atoms with Gasteiger partial charge in [0.25, 0.3) is 5.91 Å². The molecule has 2 aliphatic rings. The maximum Gasteiger partial charge on any atom is 0.471 e. The van der Waals surface area contributed by atoms with E-state index in [1.807, 2.05) is 0 Å². The van der Waals surface area contributed by atoms with Crippen molar-refractivity contribution in [2.45, 2.75) is 18.6 Å². The third kappa shape index (κ3) is 2.50. The van der Waals surface area contributed by atoms with Crippen LogP contribution in [0.1, 0.15) is 16.8 Å². The third-order valence-corrected chi connectivity index (χ3v) is 4.94. The van der Waals surface area contributed by atoms with E-state index in [2.05, 4.69) is 10.3 Å². The van der Waals surface area contributed by atoms with Gasteiger partial charge in [0.1, 0.15) is 5.82 Å². The molecule has 4 rings (SSSR count). The number of benzene rings is 1. The molecule has 0 saturated heterocycles. The van der Waals surface area contributed by atoms with Gasteiger partial charge in [0.2, 0.25) is 0 Å². The van der Waals surface area contributed by atoms with Crippen molar-refractivity contribution in [2.24, 2.45) is 11.8 Å². The van der Waals surface area contributed by atoms with Crippen LogP contribution in [-0.2, 0) is 4.79 Å². The number of amides is 2. The molecule has 0 bridgehead atoms. The van der Waals surface area contributed by atoms with E-state index in [0.717, 1.165) is 13.5 Å². The Labute approximate surface area is 140 Å². The normalized spacial score (nSPS) is 23.9. The van der Waals surface area contributed by atoms with E-state index >= 15 is 0 Å². The number of nitrogens with zero attached hydrogens (tertiary/aromatic N) is 1. The molecule has 2 aromatic rings. The SMILES string of the molecule is CN(C(=O)C(F)(F)F)c1ccc2c(C(=O)NC3C4CC43)c(N)[nH]c2c1. The van der Waals surface area contributed by atoms with Crippen molar-refractivity contribution in [3.8, 4) is 0 Å². The van der Waals surface area contributed by atoms with Gasteiger partial charge in [-0.3, -0.25) is 9.59 Å². The number of hydrogen-bond acceptors (Lipinski definition) is 3. The third-order valence-electron chi connectivity index (χ3n) is 4.94. The number of aromatic amines is 1. The summed E-state index contributed by atoms with van der Waals surface area (Å²) in [5, 5.41) is 3.41. The van der Waals surface area contributed by atoms with E-state index in [-0.39, 0.29) is 29.0 Å². The molecule has 132 valence electrons. The molecule has 25 heavy (non-hydrogen) atoms. The molecule has 4 N–H and O–H groups in total. The van der Waals surface area contributed by atoms with Gasteiger partial charge in [0.05, 0.1) is 5.56 Å². The topological polar surface area (TPSA) is 91.2 Å². The first kappa shape index (κ1) is 15.8. The Kier molecular flexibility index (Phi) is 3.10. The molecule has 9 heteroatoms. The molecule has 0 spiro atoms. The number of halogens is 3. The van der Waals surface area contributed by atoms with Crippen molar-refractivity contribution < 1.29 is 22.8 Å². The van der Waals surface area contributed by atoms with E-state index in [4.69, 9.17) is 5.73 Å². The number of nitrogens with two attached hydrogens (primary N) is 1. The largest absolute Gasteiger partial charge is 0.471 e. The zero-order valence-electron chi connectivity index (χ0n) is 13.1. The standard InChI is InChI=1S/C16H15F3N4O2/c1-23(15(25)16(17,18)19)6-2-3-7-10(4-6)21-13(20)11(7)14(24)22-12-8-5-9(8)12/h2-4,8-9,12,21H,5,20H2,1H3,(H,22,24). The highest BCUT2D eigenvalue weighted by atomic mass is 19.4. The lowest BCUT2D eigenvalue weighted by Crippen LogP contribution is -2.38. The number of hydrogen-bond donors (Lipinski definition) is 3. The number of nitrogens with one attached hydrogen (secondary N) is 2. The van der Waals surface area contributed by atoms with Crippen LogP contribution < -0.4 is 16.0 Å². The fourth-order valence-corrected chi connectivity index (χ4v) is 3.18. The predicted molar refractivity (Wildman–Crippen MR) is 85.0 cm³/mol. The van der Waals surface area contributed by atoms with Crippen molar-refractivity contribution in [3.05, 3.63) is 23.8 Å². The minimum absolute atomic E-state index is 0.0477. The number of aromatic nitrogens is 1. The van der Waals surface area contributed by atoms with Gasteiger partial charge in [-0.2, -0.15) is 13.2 Å². The van der Waals surface area contributed by atoms with Gasteiger partial charge in [-0.05, 0) is 36.5 Å². The molecular formula is C16H15F3N4O2. The summed E-state index contributed by atoms with van der Waals surface area (Å²) in [5.74, 6) is -0.956. The first-order valence-electron chi connectivity index (χ1n) is 7.75. The van der Waals surface area contributed by atoms with Gasteiger partial charge in [-0.25, -0.2) is 0 Å². The zero-order chi connectivity index (χ0) is 18.1. The maximum absolute atomic E-state index is 12.6. The Hall–Kier alpha value is -2.71. The summed E-state index contributed by atoms with van der Waals surface area (Å²) < 4.78 is 37.7. The van der Waals surface area contributed by atoms with Crippen LogP contribution in [0.4, 0.5) is 24.7 Å². The van der Waals surface area contributed by atoms with E-state index in [1.165, 1.54) is 18.2 Å². The highest BCUT2D eigenvalue weighted by Gasteiger charge is 2.65. The van der Waals surface area contributed by atoms with Crippen LogP contribution in [0.25, 0.3) is 10.9 Å². The van der Waals surface area contributed by atoms with Crippen LogP contribution in [0.5, 0.6) is 0 Å². The van der Waals surface area contributed by atoms with Crippen LogP contribution in [0.3, 0.4) is 0 Å². The highest BCUT2D eigenvalue weighted by Crippen LogP contribution is 2.62. The lowest BCUT2D eigenvalue weighted by Gasteiger charge is -2.18. The van der Waals surface area contributed by atoms with Crippen LogP contribution >= 0.6 is 0 Å². The van der Waals surface area contributed by atoms with Crippen molar-refractivity contribution in [1.82, 2.24) is 10.3 Å². The first-order chi connectivity index (χ1) is 11.7. The lowest BCUT2D eigenvalue weighted by atomic mass is 10.1. The minimum Gasteiger partial charge on any atom is -0.385 e. The first-order valence-corrected chi connectivity index (χ1v) is 7.75. The van der Waals surface area contributed by atoms with Gasteiger partial charge in [-0.15, -0.1) is 0 Å². The van der Waals surface area contributed by atoms with Crippen molar-refractivity contribution in [1.29, 1.82) is 0 Å². The fraction of sp³-hybridized carbons (Fsp3) is 0.375. The molecule has 1 heterocycles. The number of anilines is 2. The lowest BCUT2D eigenvalue weighted by molar-refractivity contribution is -0.170. The summed E-state index contributed by atoms with van der Waals surface area (Å²) in [5.41, 5.74) is 6.59. The molecule has 2 unspecified atom stereocenters. The van der Waals surface area contributed by atoms with Gasteiger partial charge in [-0.1, -0.05) is 0 Å². The number of alkyl halides is 3. The molecule has 0 aliphatic heterocycles. The number of fused-ring (bicyclic) bond motifs is 2. The van der Waals surface area contributed by atoms with E-state index < -0.39 is 12.1 Å². The van der Waals surface area contributed by atoms with Crippen LogP contribution in [0.2, 0.25) is 0 Å². The van der Waals surface area contributed by atoms with Gasteiger partial charge in [0.15, 0.2) is 0 Å². The van der Waals surface area contributed by atoms with E-state index in [9.17, 15) is 22.8 Å². The summed E-state index contributed by atoms with van der Waals surface area (Å²) in [6, 6.07) is 4.41. The molecule has 2 aliphatic carbocycles. The minimum atomic E-state index is -4.96. The molecule has 2 atom stereocenters. The highest BCUT2D eigenvalue weighted by molar-refractivity contribution is 6.12. The molecule has 1 aromatic carbocycles. The predicted octanol–water partition coefficient (Wildman–Crippen LogP) is 2.02. The summed E-state index contributed by atoms with van der Waals surface area (Å²) in [7, 11) is 1.04. The summed E-state index contributed by atoms with van der Waals surface area (Å²) >= 11 is 0. The average Bonchev–Trinajstić information content (AvgIpc) is 3.42. The van der Waals surface area contributed by atoms with E-state index in [0.29, 0.717) is 27.6 Å². The second kappa shape index (κ2) is 4.90. The average molecular weight is 352 g/mol. The fourth-order valence-electron chi connectivity index (χ4n) is 3.18. The molecule has 2 saturated carbocycles. The number of nitrogen functional groups attached to an aromatic ring is 1. The van der Waals surface area contributed by atoms with Gasteiger partial charge >= 0.3 is 12.1 Å². The number of carbonyl (C=O) groups is 2. The van der Waals surface area contributed by atoms with Crippen molar-refractivity contribution in [3.63, 3.8) is 0 Å². The van der Waals surface area contributed by atoms with Gasteiger partial charge in [0, 0.05) is 29.7 Å². The Morgan fingerprint density at radius 3 is 2.56 bits per heavy atom. The number of H-pyrrole nitrogens is 1. The number of rotatable bonds is 3. The zero-order valence-corrected chi connectivity index (χ0v) is 13.1. The van der Waals surface area contributed by atoms with Crippen LogP contribution in [-0.4, -0.2) is 36.1 Å². The Morgan fingerprint density at radius 2 is 2.00 bits per heavy atom. The van der Waals surface area contributed by atoms with E-state index in [1.54, 1.807) is 0 Å². The number of carbonyl (C=O) groups excluding carboxylic acids is 2. The Morgan fingerprint density at radius 1 is 1.32 bits per heavy atom. The summed E-state index contributed by atoms with van der Waals surface area (Å²) in [6.45, 7) is 0. The van der Waals surface area contributed by atoms with Gasteiger partial charge < -0.3 is 20.9 Å². The van der Waals surface area contributed by atoms with Crippen LogP contribution in [0.15, 0.2) is 18.2 Å². The summed E-state index contributed by atoms with van der Waals surface area (Å²) in [4.78, 5) is 27.0. The second-order valence-electron chi connectivity index (χ2n) is 6.57.